The fourth-order valence-electron chi connectivity index (χ4n) is 2.31. The first-order valence-electron chi connectivity index (χ1n) is 7.27. The highest BCUT2D eigenvalue weighted by Gasteiger charge is 2.02. The molecule has 0 unspecified atom stereocenters. The molecule has 0 radical (unpaired) electrons. The number of aromatic nitrogens is 1. The number of hydrogen-bond donors (Lipinski definition) is 1. The molecule has 0 atom stereocenters. The van der Waals surface area contributed by atoms with Gasteiger partial charge < -0.3 is 14.6 Å². The van der Waals surface area contributed by atoms with E-state index in [1.54, 1.807) is 0 Å². The maximum absolute atomic E-state index is 5.53. The highest BCUT2D eigenvalue weighted by molar-refractivity contribution is 5.81. The summed E-state index contributed by atoms with van der Waals surface area (Å²) in [6, 6.07) is 8.49. The van der Waals surface area contributed by atoms with Gasteiger partial charge >= 0.3 is 0 Å². The zero-order chi connectivity index (χ0) is 13.5. The molecule has 3 heteroatoms. The van der Waals surface area contributed by atoms with Gasteiger partial charge in [0.15, 0.2) is 0 Å². The number of rotatable bonds is 8. The van der Waals surface area contributed by atoms with Gasteiger partial charge in [-0.05, 0) is 57.1 Å². The smallest absolute Gasteiger partial charge is 0.120 e. The van der Waals surface area contributed by atoms with Crippen LogP contribution in [0, 0.1) is 0 Å². The summed E-state index contributed by atoms with van der Waals surface area (Å²) in [6.45, 7) is 8.19. The summed E-state index contributed by atoms with van der Waals surface area (Å²) >= 11 is 0. The first-order valence-corrected chi connectivity index (χ1v) is 7.27. The topological polar surface area (TPSA) is 26.2 Å². The van der Waals surface area contributed by atoms with Crippen molar-refractivity contribution in [1.29, 1.82) is 0 Å². The fourth-order valence-corrected chi connectivity index (χ4v) is 2.31. The molecule has 1 heterocycles. The van der Waals surface area contributed by atoms with Crippen molar-refractivity contribution < 1.29 is 4.74 Å². The molecular formula is C16H24N2O. The minimum absolute atomic E-state index is 0.718. The van der Waals surface area contributed by atoms with E-state index < -0.39 is 0 Å². The van der Waals surface area contributed by atoms with Crippen molar-refractivity contribution in [3.8, 4) is 5.75 Å². The first-order chi connectivity index (χ1) is 9.35. The molecule has 0 aliphatic heterocycles. The molecule has 0 fully saturated rings. The van der Waals surface area contributed by atoms with E-state index in [9.17, 15) is 0 Å². The van der Waals surface area contributed by atoms with Gasteiger partial charge in [-0.2, -0.15) is 0 Å². The van der Waals surface area contributed by atoms with Crippen LogP contribution in [0.15, 0.2) is 30.5 Å². The van der Waals surface area contributed by atoms with Crippen LogP contribution in [0.25, 0.3) is 10.9 Å². The van der Waals surface area contributed by atoms with E-state index in [0.29, 0.717) is 0 Å². The third-order valence-electron chi connectivity index (χ3n) is 3.23. The molecule has 1 N–H and O–H groups in total. The van der Waals surface area contributed by atoms with Crippen molar-refractivity contribution in [2.75, 3.05) is 19.7 Å². The van der Waals surface area contributed by atoms with Crippen LogP contribution in [0.4, 0.5) is 0 Å². The SMILES string of the molecule is CCCNCCCn1ccc2cc(OCC)ccc21. The van der Waals surface area contributed by atoms with Gasteiger partial charge in [0.25, 0.3) is 0 Å². The van der Waals surface area contributed by atoms with E-state index in [-0.39, 0.29) is 0 Å². The monoisotopic (exact) mass is 260 g/mol. The van der Waals surface area contributed by atoms with Crippen LogP contribution in [0.1, 0.15) is 26.7 Å². The molecule has 2 rings (SSSR count). The molecule has 0 aliphatic carbocycles. The molecule has 2 aromatic rings. The Kier molecular flexibility index (Phi) is 5.28. The lowest BCUT2D eigenvalue weighted by molar-refractivity contribution is 0.340. The summed E-state index contributed by atoms with van der Waals surface area (Å²) in [5, 5.41) is 4.69. The van der Waals surface area contributed by atoms with Crippen LogP contribution in [-0.4, -0.2) is 24.3 Å². The van der Waals surface area contributed by atoms with E-state index in [1.165, 1.54) is 17.3 Å². The third kappa shape index (κ3) is 3.74. The predicted octanol–water partition coefficient (Wildman–Crippen LogP) is 3.43. The van der Waals surface area contributed by atoms with Gasteiger partial charge in [-0.3, -0.25) is 0 Å². The molecule has 0 spiro atoms. The van der Waals surface area contributed by atoms with Crippen LogP contribution < -0.4 is 10.1 Å². The largest absolute Gasteiger partial charge is 0.494 e. The van der Waals surface area contributed by atoms with Gasteiger partial charge in [0.1, 0.15) is 5.75 Å². The molecule has 104 valence electrons. The first kappa shape index (κ1) is 13.9. The zero-order valence-electron chi connectivity index (χ0n) is 12.0. The molecule has 0 amide bonds. The van der Waals surface area contributed by atoms with Gasteiger partial charge in [0, 0.05) is 23.6 Å². The Labute approximate surface area is 115 Å². The maximum atomic E-state index is 5.53. The average molecular weight is 260 g/mol. The second-order valence-electron chi connectivity index (χ2n) is 4.77. The minimum atomic E-state index is 0.718. The van der Waals surface area contributed by atoms with Gasteiger partial charge in [0.05, 0.1) is 6.61 Å². The summed E-state index contributed by atoms with van der Waals surface area (Å²) in [5.74, 6) is 0.956. The Morgan fingerprint density at radius 3 is 2.84 bits per heavy atom. The lowest BCUT2D eigenvalue weighted by atomic mass is 10.2. The summed E-state index contributed by atoms with van der Waals surface area (Å²) < 4.78 is 7.85. The van der Waals surface area contributed by atoms with Crippen molar-refractivity contribution in [3.63, 3.8) is 0 Å². The van der Waals surface area contributed by atoms with Crippen molar-refractivity contribution >= 4 is 10.9 Å². The average Bonchev–Trinajstić information content (AvgIpc) is 2.82. The molecule has 0 saturated heterocycles. The van der Waals surface area contributed by atoms with E-state index in [1.807, 2.05) is 6.92 Å². The van der Waals surface area contributed by atoms with Crippen molar-refractivity contribution in [2.24, 2.45) is 0 Å². The molecule has 1 aromatic heterocycles. The highest BCUT2D eigenvalue weighted by atomic mass is 16.5. The lowest BCUT2D eigenvalue weighted by Crippen LogP contribution is -2.17. The van der Waals surface area contributed by atoms with Crippen molar-refractivity contribution in [1.82, 2.24) is 9.88 Å². The third-order valence-corrected chi connectivity index (χ3v) is 3.23. The van der Waals surface area contributed by atoms with Crippen LogP contribution in [0.3, 0.4) is 0 Å². The second kappa shape index (κ2) is 7.19. The van der Waals surface area contributed by atoms with Crippen LogP contribution in [0.5, 0.6) is 5.75 Å². The Bertz CT molecular complexity index is 504. The van der Waals surface area contributed by atoms with Gasteiger partial charge in [-0.1, -0.05) is 6.92 Å². The fraction of sp³-hybridized carbons (Fsp3) is 0.500. The molecule has 1 aromatic carbocycles. The van der Waals surface area contributed by atoms with Crippen LogP contribution >= 0.6 is 0 Å². The number of aryl methyl sites for hydroxylation is 1. The minimum Gasteiger partial charge on any atom is -0.494 e. The lowest BCUT2D eigenvalue weighted by Gasteiger charge is -2.07. The standard InChI is InChI=1S/C16H24N2O/c1-3-9-17-10-5-11-18-12-8-14-13-15(19-4-2)6-7-16(14)18/h6-8,12-13,17H,3-5,9-11H2,1-2H3. The van der Waals surface area contributed by atoms with Gasteiger partial charge in [-0.15, -0.1) is 0 Å². The summed E-state index contributed by atoms with van der Waals surface area (Å²) in [5.41, 5.74) is 1.29. The highest BCUT2D eigenvalue weighted by Crippen LogP contribution is 2.22. The van der Waals surface area contributed by atoms with Crippen LogP contribution in [0.2, 0.25) is 0 Å². The summed E-state index contributed by atoms with van der Waals surface area (Å²) in [4.78, 5) is 0. The predicted molar refractivity (Wildman–Crippen MR) is 80.9 cm³/mol. The van der Waals surface area contributed by atoms with E-state index in [2.05, 4.69) is 47.3 Å². The normalized spacial score (nSPS) is 11.1. The van der Waals surface area contributed by atoms with Crippen molar-refractivity contribution in [3.05, 3.63) is 30.5 Å². The van der Waals surface area contributed by atoms with E-state index in [0.717, 1.165) is 38.4 Å². The Morgan fingerprint density at radius 1 is 1.16 bits per heavy atom. The van der Waals surface area contributed by atoms with Crippen LogP contribution in [-0.2, 0) is 6.54 Å². The van der Waals surface area contributed by atoms with E-state index in [4.69, 9.17) is 4.74 Å². The number of nitrogens with one attached hydrogen (secondary N) is 1. The number of nitrogens with zero attached hydrogens (tertiary/aromatic N) is 1. The van der Waals surface area contributed by atoms with Gasteiger partial charge in [0.2, 0.25) is 0 Å². The number of hydrogen-bond acceptors (Lipinski definition) is 2. The molecule has 0 aliphatic rings. The Hall–Kier alpha value is -1.48. The Morgan fingerprint density at radius 2 is 2.05 bits per heavy atom. The number of fused-ring (bicyclic) bond motifs is 1. The molecule has 0 bridgehead atoms. The molecule has 0 saturated carbocycles. The maximum Gasteiger partial charge on any atom is 0.120 e. The summed E-state index contributed by atoms with van der Waals surface area (Å²) in [6.07, 6.45) is 4.53. The number of ether oxygens (including phenoxy) is 1. The number of benzene rings is 1. The quantitative estimate of drug-likeness (QED) is 0.736. The molecule has 3 nitrogen and oxygen atoms in total. The van der Waals surface area contributed by atoms with E-state index >= 15 is 0 Å². The Balaban J connectivity index is 1.96. The molecular weight excluding hydrogens is 236 g/mol. The van der Waals surface area contributed by atoms with Gasteiger partial charge in [-0.25, -0.2) is 0 Å². The summed E-state index contributed by atoms with van der Waals surface area (Å²) in [7, 11) is 0. The second-order valence-corrected chi connectivity index (χ2v) is 4.77. The molecule has 19 heavy (non-hydrogen) atoms. The zero-order valence-corrected chi connectivity index (χ0v) is 12.0. The van der Waals surface area contributed by atoms with Crippen molar-refractivity contribution in [2.45, 2.75) is 33.2 Å².